The summed E-state index contributed by atoms with van der Waals surface area (Å²) < 4.78 is 11.4. The molecule has 0 aliphatic carbocycles. The highest BCUT2D eigenvalue weighted by Crippen LogP contribution is 2.24. The maximum Gasteiger partial charge on any atom is 0.332 e. The SMILES string of the molecule is CC[Si](C)(C)OC(=O)C(=Cc1ccc(N)cc1)C(=O)O[Si](C)(C)C(C)C. The Morgan fingerprint density at radius 2 is 1.54 bits per heavy atom. The second-order valence-electron chi connectivity index (χ2n) is 7.88. The molecule has 0 saturated heterocycles. The highest BCUT2D eigenvalue weighted by molar-refractivity contribution is 6.74. The molecular formula is C19H31NO4Si2. The molecule has 7 heteroatoms. The highest BCUT2D eigenvalue weighted by atomic mass is 28.4. The molecule has 0 spiro atoms. The fraction of sp³-hybridized carbons (Fsp3) is 0.474. The van der Waals surface area contributed by atoms with Gasteiger partial charge in [0.15, 0.2) is 0 Å². The Morgan fingerprint density at radius 3 is 2.00 bits per heavy atom. The number of nitrogens with two attached hydrogens (primary N) is 1. The first-order valence-electron chi connectivity index (χ1n) is 8.92. The summed E-state index contributed by atoms with van der Waals surface area (Å²) in [5.41, 5.74) is 7.18. The van der Waals surface area contributed by atoms with E-state index in [1.807, 2.05) is 47.0 Å². The molecule has 0 radical (unpaired) electrons. The minimum Gasteiger partial charge on any atom is -0.516 e. The molecule has 1 aromatic carbocycles. The Bertz CT molecular complexity index is 679. The molecule has 0 atom stereocenters. The van der Waals surface area contributed by atoms with Crippen molar-refractivity contribution in [2.24, 2.45) is 0 Å². The summed E-state index contributed by atoms with van der Waals surface area (Å²) in [5, 5.41) is 0. The van der Waals surface area contributed by atoms with Gasteiger partial charge in [0.25, 0.3) is 8.32 Å². The van der Waals surface area contributed by atoms with E-state index in [4.69, 9.17) is 14.6 Å². The number of hydrogen-bond donors (Lipinski definition) is 1. The van der Waals surface area contributed by atoms with Crippen LogP contribution in [0.4, 0.5) is 5.69 Å². The first kappa shape index (κ1) is 22.2. The molecule has 1 aromatic rings. The van der Waals surface area contributed by atoms with Gasteiger partial charge in [-0.25, -0.2) is 9.59 Å². The standard InChI is InChI=1S/C19H31NO4Si2/c1-8-25(4,5)23-18(21)17(13-15-9-11-16(20)12-10-15)19(22)24-26(6,7)14(2)3/h9-14H,8,20H2,1-7H3. The molecule has 26 heavy (non-hydrogen) atoms. The average molecular weight is 394 g/mol. The third kappa shape index (κ3) is 6.46. The normalized spacial score (nSPS) is 12.8. The van der Waals surface area contributed by atoms with E-state index in [1.165, 1.54) is 6.08 Å². The number of hydrogen-bond acceptors (Lipinski definition) is 5. The zero-order chi connectivity index (χ0) is 20.1. The molecular weight excluding hydrogens is 362 g/mol. The van der Waals surface area contributed by atoms with Gasteiger partial charge in [0.1, 0.15) is 5.57 Å². The summed E-state index contributed by atoms with van der Waals surface area (Å²) in [5.74, 6) is -1.23. The average Bonchev–Trinajstić information content (AvgIpc) is 2.53. The van der Waals surface area contributed by atoms with Crippen molar-refractivity contribution in [1.82, 2.24) is 0 Å². The van der Waals surface area contributed by atoms with Gasteiger partial charge in [0.2, 0.25) is 8.32 Å². The maximum atomic E-state index is 12.8. The number of benzene rings is 1. The van der Waals surface area contributed by atoms with Crippen LogP contribution < -0.4 is 5.73 Å². The van der Waals surface area contributed by atoms with Crippen molar-refractivity contribution in [2.75, 3.05) is 5.73 Å². The van der Waals surface area contributed by atoms with E-state index in [9.17, 15) is 9.59 Å². The van der Waals surface area contributed by atoms with Crippen LogP contribution in [0.5, 0.6) is 0 Å². The van der Waals surface area contributed by atoms with Crippen molar-refractivity contribution >= 4 is 40.3 Å². The lowest BCUT2D eigenvalue weighted by Gasteiger charge is -2.27. The van der Waals surface area contributed by atoms with Crippen LogP contribution in [0.25, 0.3) is 6.08 Å². The quantitative estimate of drug-likeness (QED) is 0.241. The van der Waals surface area contributed by atoms with Gasteiger partial charge < -0.3 is 14.6 Å². The van der Waals surface area contributed by atoms with E-state index in [0.717, 1.165) is 6.04 Å². The molecule has 0 unspecified atom stereocenters. The number of carbonyl (C=O) groups is 2. The van der Waals surface area contributed by atoms with Crippen molar-refractivity contribution < 1.29 is 18.4 Å². The third-order valence-electron chi connectivity index (χ3n) is 4.65. The smallest absolute Gasteiger partial charge is 0.332 e. The number of rotatable bonds is 7. The monoisotopic (exact) mass is 393 g/mol. The van der Waals surface area contributed by atoms with Gasteiger partial charge in [-0.05, 0) is 61.5 Å². The minimum atomic E-state index is -2.25. The van der Waals surface area contributed by atoms with Crippen LogP contribution in [0.3, 0.4) is 0 Å². The van der Waals surface area contributed by atoms with E-state index < -0.39 is 28.6 Å². The summed E-state index contributed by atoms with van der Waals surface area (Å²) in [7, 11) is -4.41. The van der Waals surface area contributed by atoms with Gasteiger partial charge in [-0.3, -0.25) is 0 Å². The second kappa shape index (κ2) is 8.68. The zero-order valence-electron chi connectivity index (χ0n) is 16.9. The molecule has 0 amide bonds. The fourth-order valence-electron chi connectivity index (χ4n) is 1.75. The van der Waals surface area contributed by atoms with E-state index in [1.54, 1.807) is 24.3 Å². The Labute approximate surface area is 158 Å². The first-order valence-corrected chi connectivity index (χ1v) is 15.0. The van der Waals surface area contributed by atoms with E-state index in [0.29, 0.717) is 11.3 Å². The van der Waals surface area contributed by atoms with Crippen molar-refractivity contribution in [3.8, 4) is 0 Å². The van der Waals surface area contributed by atoms with Crippen molar-refractivity contribution in [2.45, 2.75) is 58.5 Å². The molecule has 0 aliphatic heterocycles. The summed E-state index contributed by atoms with van der Waals surface area (Å²) in [6.07, 6.45) is 1.52. The van der Waals surface area contributed by atoms with Gasteiger partial charge in [-0.2, -0.15) is 0 Å². The molecule has 0 aliphatic rings. The predicted molar refractivity (Wildman–Crippen MR) is 112 cm³/mol. The predicted octanol–water partition coefficient (Wildman–Crippen LogP) is 4.58. The van der Waals surface area contributed by atoms with E-state index in [-0.39, 0.29) is 11.1 Å². The summed E-state index contributed by atoms with van der Waals surface area (Å²) in [6, 6.07) is 7.72. The number of nitrogen functional groups attached to an aromatic ring is 1. The molecule has 1 rings (SSSR count). The lowest BCUT2D eigenvalue weighted by Crippen LogP contribution is -2.39. The molecule has 0 fully saturated rings. The summed E-state index contributed by atoms with van der Waals surface area (Å²) in [6.45, 7) is 13.9. The van der Waals surface area contributed by atoms with Crippen LogP contribution in [0.1, 0.15) is 26.3 Å². The fourth-order valence-corrected chi connectivity index (χ4v) is 3.33. The first-order chi connectivity index (χ1) is 11.9. The van der Waals surface area contributed by atoms with Crippen molar-refractivity contribution in [1.29, 1.82) is 0 Å². The summed E-state index contributed by atoms with van der Waals surface area (Å²) in [4.78, 5) is 25.5. The van der Waals surface area contributed by atoms with Gasteiger partial charge in [-0.1, -0.05) is 32.9 Å². The topological polar surface area (TPSA) is 78.6 Å². The molecule has 0 heterocycles. The van der Waals surface area contributed by atoms with Crippen LogP contribution in [-0.4, -0.2) is 28.6 Å². The molecule has 0 saturated carbocycles. The lowest BCUT2D eigenvalue weighted by molar-refractivity contribution is -0.138. The zero-order valence-corrected chi connectivity index (χ0v) is 18.9. The minimum absolute atomic E-state index is 0.0648. The van der Waals surface area contributed by atoms with Gasteiger partial charge in [-0.15, -0.1) is 0 Å². The lowest BCUT2D eigenvalue weighted by atomic mass is 10.1. The Kier molecular flexibility index (Phi) is 7.40. The molecule has 0 bridgehead atoms. The Balaban J connectivity index is 3.22. The summed E-state index contributed by atoms with van der Waals surface area (Å²) >= 11 is 0. The van der Waals surface area contributed by atoms with Gasteiger partial charge in [0.05, 0.1) is 0 Å². The largest absolute Gasteiger partial charge is 0.516 e. The molecule has 5 nitrogen and oxygen atoms in total. The van der Waals surface area contributed by atoms with Crippen molar-refractivity contribution in [3.63, 3.8) is 0 Å². The number of anilines is 1. The van der Waals surface area contributed by atoms with Gasteiger partial charge >= 0.3 is 11.9 Å². The molecule has 2 N–H and O–H groups in total. The van der Waals surface area contributed by atoms with E-state index >= 15 is 0 Å². The van der Waals surface area contributed by atoms with Crippen LogP contribution in [-0.2, 0) is 18.4 Å². The Morgan fingerprint density at radius 1 is 1.04 bits per heavy atom. The van der Waals surface area contributed by atoms with Crippen LogP contribution in [0.2, 0.25) is 37.8 Å². The van der Waals surface area contributed by atoms with Crippen molar-refractivity contribution in [3.05, 3.63) is 35.4 Å². The van der Waals surface area contributed by atoms with Gasteiger partial charge in [0, 0.05) is 5.69 Å². The number of carbonyl (C=O) groups excluding carboxylic acids is 2. The van der Waals surface area contributed by atoms with Crippen LogP contribution >= 0.6 is 0 Å². The highest BCUT2D eigenvalue weighted by Gasteiger charge is 2.35. The van der Waals surface area contributed by atoms with Crippen LogP contribution in [0, 0.1) is 0 Å². The van der Waals surface area contributed by atoms with E-state index in [2.05, 4.69) is 0 Å². The molecule has 144 valence electrons. The molecule has 0 aromatic heterocycles. The van der Waals surface area contributed by atoms with Crippen LogP contribution in [0.15, 0.2) is 29.8 Å². The Hall–Kier alpha value is -1.87. The second-order valence-corrected chi connectivity index (χ2v) is 16.9. The maximum absolute atomic E-state index is 12.8. The third-order valence-corrected chi connectivity index (χ3v) is 10.6.